The number of aliphatic hydroxyl groups excluding tert-OH is 1. The number of hydrogen-bond donors (Lipinski definition) is 3. The summed E-state index contributed by atoms with van der Waals surface area (Å²) < 4.78 is 5.54. The van der Waals surface area contributed by atoms with Crippen molar-refractivity contribution in [1.29, 1.82) is 0 Å². The van der Waals surface area contributed by atoms with Crippen molar-refractivity contribution in [3.63, 3.8) is 0 Å². The highest BCUT2D eigenvalue weighted by Crippen LogP contribution is 2.13. The quantitative estimate of drug-likeness (QED) is 0.724. The topological polar surface area (TPSA) is 70.6 Å². The third kappa shape index (κ3) is 6.14. The molecule has 1 aromatic carbocycles. The van der Waals surface area contributed by atoms with Crippen LogP contribution in [0.2, 0.25) is 0 Å². The summed E-state index contributed by atoms with van der Waals surface area (Å²) in [5, 5.41) is 14.9. The van der Waals surface area contributed by atoms with E-state index in [1.807, 2.05) is 45.0 Å². The molecule has 3 N–H and O–H groups in total. The number of hydrogen-bond acceptors (Lipinski definition) is 3. The van der Waals surface area contributed by atoms with Gasteiger partial charge in [0.15, 0.2) is 0 Å². The van der Waals surface area contributed by atoms with Crippen LogP contribution in [0.15, 0.2) is 24.3 Å². The van der Waals surface area contributed by atoms with Gasteiger partial charge in [-0.2, -0.15) is 0 Å². The number of benzene rings is 1. The fourth-order valence-electron chi connectivity index (χ4n) is 1.68. The highest BCUT2D eigenvalue weighted by atomic mass is 16.5. The molecule has 21 heavy (non-hydrogen) atoms. The zero-order valence-electron chi connectivity index (χ0n) is 13.3. The molecule has 1 aromatic rings. The lowest BCUT2D eigenvalue weighted by molar-refractivity contribution is 0.0657. The number of ether oxygens (including phenoxy) is 1. The van der Waals surface area contributed by atoms with Gasteiger partial charge in [0, 0.05) is 5.69 Å². The first-order chi connectivity index (χ1) is 9.88. The molecule has 1 rings (SSSR count). The Morgan fingerprint density at radius 1 is 1.43 bits per heavy atom. The second kappa shape index (κ2) is 8.00. The molecule has 1 unspecified atom stereocenters. The largest absolute Gasteiger partial charge is 0.394 e. The van der Waals surface area contributed by atoms with Crippen molar-refractivity contribution < 1.29 is 14.6 Å². The van der Waals surface area contributed by atoms with Gasteiger partial charge in [-0.05, 0) is 44.9 Å². The van der Waals surface area contributed by atoms with Crippen LogP contribution in [0.3, 0.4) is 0 Å². The first-order valence-electron chi connectivity index (χ1n) is 7.29. The van der Waals surface area contributed by atoms with E-state index in [-0.39, 0.29) is 18.7 Å². The van der Waals surface area contributed by atoms with E-state index >= 15 is 0 Å². The van der Waals surface area contributed by atoms with Gasteiger partial charge in [0.05, 0.1) is 24.9 Å². The van der Waals surface area contributed by atoms with Gasteiger partial charge in [-0.25, -0.2) is 4.79 Å². The van der Waals surface area contributed by atoms with Crippen LogP contribution in [0.5, 0.6) is 0 Å². The standard InChI is InChI=1S/C16H26N2O3/c1-5-16(4,11-19)18-15(20)17-14-8-6-7-13(9-14)10-21-12(2)3/h6-9,12,19H,5,10-11H2,1-4H3,(H2,17,18,20). The van der Waals surface area contributed by atoms with Crippen molar-refractivity contribution in [1.82, 2.24) is 5.32 Å². The Hall–Kier alpha value is -1.59. The summed E-state index contributed by atoms with van der Waals surface area (Å²) in [7, 11) is 0. The van der Waals surface area contributed by atoms with Crippen LogP contribution in [-0.4, -0.2) is 29.4 Å². The van der Waals surface area contributed by atoms with E-state index in [0.29, 0.717) is 18.7 Å². The fraction of sp³-hybridized carbons (Fsp3) is 0.562. The molecule has 0 aliphatic heterocycles. The van der Waals surface area contributed by atoms with Crippen LogP contribution in [0.25, 0.3) is 0 Å². The smallest absolute Gasteiger partial charge is 0.319 e. The molecule has 0 bridgehead atoms. The van der Waals surface area contributed by atoms with Gasteiger partial charge >= 0.3 is 6.03 Å². The Morgan fingerprint density at radius 2 is 2.14 bits per heavy atom. The molecule has 0 saturated carbocycles. The molecule has 1 atom stereocenters. The maximum atomic E-state index is 12.0. The van der Waals surface area contributed by atoms with Crippen LogP contribution in [-0.2, 0) is 11.3 Å². The lowest BCUT2D eigenvalue weighted by Gasteiger charge is -2.27. The molecular formula is C16H26N2O3. The van der Waals surface area contributed by atoms with Crippen molar-refractivity contribution in [3.05, 3.63) is 29.8 Å². The van der Waals surface area contributed by atoms with Crippen LogP contribution >= 0.6 is 0 Å². The maximum Gasteiger partial charge on any atom is 0.319 e. The van der Waals surface area contributed by atoms with Gasteiger partial charge in [-0.3, -0.25) is 0 Å². The van der Waals surface area contributed by atoms with Crippen LogP contribution in [0, 0.1) is 0 Å². The molecule has 2 amide bonds. The molecule has 0 spiro atoms. The number of anilines is 1. The minimum atomic E-state index is -0.609. The molecule has 0 aliphatic rings. The number of carbonyl (C=O) groups excluding carboxylic acids is 1. The molecule has 0 heterocycles. The summed E-state index contributed by atoms with van der Waals surface area (Å²) in [4.78, 5) is 12.0. The molecule has 0 aromatic heterocycles. The SMILES string of the molecule is CCC(C)(CO)NC(=O)Nc1cccc(COC(C)C)c1. The number of urea groups is 1. The highest BCUT2D eigenvalue weighted by Gasteiger charge is 2.23. The van der Waals surface area contributed by atoms with E-state index in [9.17, 15) is 9.90 Å². The molecular weight excluding hydrogens is 268 g/mol. The number of nitrogens with one attached hydrogen (secondary N) is 2. The second-order valence-electron chi connectivity index (χ2n) is 5.71. The van der Waals surface area contributed by atoms with E-state index in [1.54, 1.807) is 6.92 Å². The highest BCUT2D eigenvalue weighted by molar-refractivity contribution is 5.89. The summed E-state index contributed by atoms with van der Waals surface area (Å²) in [5.74, 6) is 0. The van der Waals surface area contributed by atoms with Gasteiger partial charge in [0.25, 0.3) is 0 Å². The van der Waals surface area contributed by atoms with Gasteiger partial charge < -0.3 is 20.5 Å². The fourth-order valence-corrected chi connectivity index (χ4v) is 1.68. The van der Waals surface area contributed by atoms with Crippen molar-refractivity contribution in [2.45, 2.75) is 52.4 Å². The van der Waals surface area contributed by atoms with Crippen LogP contribution in [0.4, 0.5) is 10.5 Å². The number of aliphatic hydroxyl groups is 1. The normalized spacial score (nSPS) is 13.8. The Labute approximate surface area is 126 Å². The van der Waals surface area contributed by atoms with Crippen LogP contribution < -0.4 is 10.6 Å². The van der Waals surface area contributed by atoms with E-state index in [2.05, 4.69) is 10.6 Å². The third-order valence-corrected chi connectivity index (χ3v) is 3.31. The Bertz CT molecular complexity index is 457. The van der Waals surface area contributed by atoms with E-state index in [4.69, 9.17) is 4.74 Å². The van der Waals surface area contributed by atoms with Crippen LogP contribution in [0.1, 0.15) is 39.7 Å². The van der Waals surface area contributed by atoms with Crippen molar-refractivity contribution >= 4 is 11.7 Å². The summed E-state index contributed by atoms with van der Waals surface area (Å²) in [6.07, 6.45) is 0.818. The van der Waals surface area contributed by atoms with E-state index in [0.717, 1.165) is 5.56 Å². The lowest BCUT2D eigenvalue weighted by Crippen LogP contribution is -2.50. The molecule has 0 fully saturated rings. The summed E-state index contributed by atoms with van der Waals surface area (Å²) in [6.45, 7) is 8.10. The molecule has 118 valence electrons. The zero-order chi connectivity index (χ0) is 15.9. The minimum Gasteiger partial charge on any atom is -0.394 e. The summed E-state index contributed by atoms with van der Waals surface area (Å²) in [5.41, 5.74) is 1.10. The van der Waals surface area contributed by atoms with Gasteiger partial charge in [0.1, 0.15) is 0 Å². The molecule has 0 aliphatic carbocycles. The average Bonchev–Trinajstić information content (AvgIpc) is 2.45. The van der Waals surface area contributed by atoms with Crippen molar-refractivity contribution in [2.24, 2.45) is 0 Å². The van der Waals surface area contributed by atoms with Gasteiger partial charge in [-0.15, -0.1) is 0 Å². The predicted molar refractivity (Wildman–Crippen MR) is 84.3 cm³/mol. The molecule has 5 nitrogen and oxygen atoms in total. The summed E-state index contributed by atoms with van der Waals surface area (Å²) in [6, 6.07) is 7.20. The molecule has 0 saturated heterocycles. The Kier molecular flexibility index (Phi) is 6.65. The molecule has 0 radical (unpaired) electrons. The summed E-state index contributed by atoms with van der Waals surface area (Å²) >= 11 is 0. The van der Waals surface area contributed by atoms with E-state index in [1.165, 1.54) is 0 Å². The predicted octanol–water partition coefficient (Wildman–Crippen LogP) is 2.89. The average molecular weight is 294 g/mol. The second-order valence-corrected chi connectivity index (χ2v) is 5.71. The van der Waals surface area contributed by atoms with Gasteiger partial charge in [-0.1, -0.05) is 19.1 Å². The van der Waals surface area contributed by atoms with Gasteiger partial charge in [0.2, 0.25) is 0 Å². The van der Waals surface area contributed by atoms with Crippen molar-refractivity contribution in [2.75, 3.05) is 11.9 Å². The number of rotatable bonds is 7. The minimum absolute atomic E-state index is 0.0980. The zero-order valence-corrected chi connectivity index (χ0v) is 13.3. The Morgan fingerprint density at radius 3 is 2.71 bits per heavy atom. The van der Waals surface area contributed by atoms with E-state index < -0.39 is 5.54 Å². The van der Waals surface area contributed by atoms with Crippen molar-refractivity contribution in [3.8, 4) is 0 Å². The number of amides is 2. The first kappa shape index (κ1) is 17.5. The monoisotopic (exact) mass is 294 g/mol. The third-order valence-electron chi connectivity index (χ3n) is 3.31. The molecule has 5 heteroatoms. The number of carbonyl (C=O) groups is 1. The maximum absolute atomic E-state index is 12.0. The lowest BCUT2D eigenvalue weighted by atomic mass is 10.0. The Balaban J connectivity index is 2.62. The first-order valence-corrected chi connectivity index (χ1v) is 7.29.